The zero-order chi connectivity index (χ0) is 16.2. The third-order valence-electron chi connectivity index (χ3n) is 4.51. The Hall–Kier alpha value is -1.69. The fraction of sp³-hybridized carbons (Fsp3) is 0.529. The molecule has 0 unspecified atom stereocenters. The van der Waals surface area contributed by atoms with E-state index in [9.17, 15) is 9.59 Å². The number of methoxy groups -OCH3 is 1. The van der Waals surface area contributed by atoms with E-state index in [0.717, 1.165) is 43.0 Å². The summed E-state index contributed by atoms with van der Waals surface area (Å²) in [6.07, 6.45) is 2.44. The molecule has 2 aliphatic heterocycles. The highest BCUT2D eigenvalue weighted by molar-refractivity contribution is 8.13. The highest BCUT2D eigenvalue weighted by Crippen LogP contribution is 2.33. The molecule has 0 N–H and O–H groups in total. The lowest BCUT2D eigenvalue weighted by molar-refractivity contribution is -0.132. The average Bonchev–Trinajstić information content (AvgIpc) is 3.22. The Balaban J connectivity index is 1.61. The van der Waals surface area contributed by atoms with Gasteiger partial charge in [-0.05, 0) is 30.5 Å². The van der Waals surface area contributed by atoms with Gasteiger partial charge in [0.15, 0.2) is 0 Å². The molecule has 1 aromatic carbocycles. The van der Waals surface area contributed by atoms with Gasteiger partial charge in [0.1, 0.15) is 5.75 Å². The lowest BCUT2D eigenvalue weighted by Gasteiger charge is -2.26. The zero-order valence-electron chi connectivity index (χ0n) is 13.4. The Bertz CT molecular complexity index is 576. The van der Waals surface area contributed by atoms with Crippen LogP contribution in [0.5, 0.6) is 5.75 Å². The van der Waals surface area contributed by atoms with Gasteiger partial charge in [0, 0.05) is 31.8 Å². The molecular formula is C17H22N2O3S. The van der Waals surface area contributed by atoms with Crippen LogP contribution in [-0.4, -0.2) is 53.4 Å². The fourth-order valence-electron chi connectivity index (χ4n) is 3.24. The van der Waals surface area contributed by atoms with E-state index < -0.39 is 0 Å². The Morgan fingerprint density at radius 1 is 1.30 bits per heavy atom. The summed E-state index contributed by atoms with van der Waals surface area (Å²) < 4.78 is 5.19. The van der Waals surface area contributed by atoms with Crippen LogP contribution in [0.15, 0.2) is 24.3 Å². The average molecular weight is 334 g/mol. The van der Waals surface area contributed by atoms with Gasteiger partial charge in [0.2, 0.25) is 5.91 Å². The van der Waals surface area contributed by atoms with Gasteiger partial charge >= 0.3 is 0 Å². The molecule has 124 valence electrons. The van der Waals surface area contributed by atoms with E-state index in [2.05, 4.69) is 0 Å². The molecule has 5 nitrogen and oxygen atoms in total. The van der Waals surface area contributed by atoms with E-state index in [4.69, 9.17) is 4.74 Å². The van der Waals surface area contributed by atoms with Crippen LogP contribution >= 0.6 is 11.8 Å². The van der Waals surface area contributed by atoms with E-state index in [-0.39, 0.29) is 17.2 Å². The number of carbonyl (C=O) groups is 2. The first-order chi connectivity index (χ1) is 11.2. The third-order valence-corrected chi connectivity index (χ3v) is 5.41. The molecule has 2 aliphatic rings. The van der Waals surface area contributed by atoms with E-state index in [0.29, 0.717) is 13.0 Å². The quantitative estimate of drug-likeness (QED) is 0.831. The van der Waals surface area contributed by atoms with Crippen molar-refractivity contribution in [3.8, 4) is 5.75 Å². The van der Waals surface area contributed by atoms with Gasteiger partial charge < -0.3 is 14.5 Å². The second-order valence-electron chi connectivity index (χ2n) is 5.87. The predicted molar refractivity (Wildman–Crippen MR) is 90.7 cm³/mol. The molecule has 0 radical (unpaired) electrons. The number of benzene rings is 1. The van der Waals surface area contributed by atoms with E-state index in [1.807, 2.05) is 29.2 Å². The number of nitrogens with zero attached hydrogens (tertiary/aromatic N) is 2. The minimum Gasteiger partial charge on any atom is -0.497 e. The van der Waals surface area contributed by atoms with Crippen LogP contribution in [0.1, 0.15) is 30.9 Å². The summed E-state index contributed by atoms with van der Waals surface area (Å²) in [6, 6.07) is 8.11. The Kier molecular flexibility index (Phi) is 5.10. The first-order valence-corrected chi connectivity index (χ1v) is 9.02. The maximum absolute atomic E-state index is 12.6. The monoisotopic (exact) mass is 334 g/mol. The number of likely N-dealkylation sites (tertiary alicyclic amines) is 1. The summed E-state index contributed by atoms with van der Waals surface area (Å²) >= 11 is 1.34. The van der Waals surface area contributed by atoms with Crippen molar-refractivity contribution >= 4 is 22.9 Å². The second-order valence-corrected chi connectivity index (χ2v) is 6.92. The van der Waals surface area contributed by atoms with Gasteiger partial charge in [-0.3, -0.25) is 9.59 Å². The van der Waals surface area contributed by atoms with Gasteiger partial charge in [-0.2, -0.15) is 0 Å². The summed E-state index contributed by atoms with van der Waals surface area (Å²) in [5.74, 6) is 1.81. The zero-order valence-corrected chi connectivity index (χ0v) is 14.2. The van der Waals surface area contributed by atoms with Crippen LogP contribution in [0.3, 0.4) is 0 Å². The molecule has 2 amide bonds. The topological polar surface area (TPSA) is 49.9 Å². The van der Waals surface area contributed by atoms with Gasteiger partial charge in [0.05, 0.1) is 13.2 Å². The van der Waals surface area contributed by atoms with Crippen LogP contribution in [0.25, 0.3) is 0 Å². The van der Waals surface area contributed by atoms with Crippen molar-refractivity contribution in [2.24, 2.45) is 0 Å². The second kappa shape index (κ2) is 7.25. The number of hydrogen-bond donors (Lipinski definition) is 0. The SMILES string of the molecule is COc1ccc([C@H]2CCCN2C(=O)CCN2CCSC2=O)cc1. The molecule has 3 rings (SSSR count). The minimum absolute atomic E-state index is 0.103. The first-order valence-electron chi connectivity index (χ1n) is 8.04. The smallest absolute Gasteiger partial charge is 0.281 e. The number of thioether (sulfide) groups is 1. The highest BCUT2D eigenvalue weighted by Gasteiger charge is 2.30. The number of rotatable bonds is 5. The minimum atomic E-state index is 0.103. The van der Waals surface area contributed by atoms with Crippen LogP contribution < -0.4 is 4.74 Å². The lowest BCUT2D eigenvalue weighted by atomic mass is 10.0. The van der Waals surface area contributed by atoms with Crippen LogP contribution in [-0.2, 0) is 4.79 Å². The Morgan fingerprint density at radius 3 is 2.74 bits per heavy atom. The van der Waals surface area contributed by atoms with Gasteiger partial charge in [-0.25, -0.2) is 0 Å². The number of hydrogen-bond acceptors (Lipinski definition) is 4. The van der Waals surface area contributed by atoms with Crippen LogP contribution in [0.4, 0.5) is 4.79 Å². The van der Waals surface area contributed by atoms with Crippen molar-refractivity contribution in [1.29, 1.82) is 0 Å². The molecule has 2 fully saturated rings. The highest BCUT2D eigenvalue weighted by atomic mass is 32.2. The molecule has 1 atom stereocenters. The van der Waals surface area contributed by atoms with Crippen molar-refractivity contribution in [3.05, 3.63) is 29.8 Å². The maximum Gasteiger partial charge on any atom is 0.281 e. The lowest BCUT2D eigenvalue weighted by Crippen LogP contribution is -2.34. The van der Waals surface area contributed by atoms with Crippen LogP contribution in [0, 0.1) is 0 Å². The summed E-state index contributed by atoms with van der Waals surface area (Å²) in [6.45, 7) is 2.10. The fourth-order valence-corrected chi connectivity index (χ4v) is 4.09. The molecule has 1 aromatic rings. The van der Waals surface area contributed by atoms with Crippen molar-refractivity contribution < 1.29 is 14.3 Å². The number of amides is 2. The summed E-state index contributed by atoms with van der Waals surface area (Å²) in [4.78, 5) is 27.9. The number of ether oxygens (including phenoxy) is 1. The van der Waals surface area contributed by atoms with E-state index >= 15 is 0 Å². The standard InChI is InChI=1S/C17H22N2O3S/c1-22-14-6-4-13(5-7-14)15-3-2-9-19(15)16(20)8-10-18-11-12-23-17(18)21/h4-7,15H,2-3,8-12H2,1H3/t15-/m1/s1. The van der Waals surface area contributed by atoms with Crippen molar-refractivity contribution in [2.45, 2.75) is 25.3 Å². The molecule has 0 saturated carbocycles. The summed E-state index contributed by atoms with van der Waals surface area (Å²) in [7, 11) is 1.65. The molecule has 2 saturated heterocycles. The molecule has 2 heterocycles. The Labute approximate surface area is 141 Å². The normalized spacial score (nSPS) is 21.1. The third kappa shape index (κ3) is 3.63. The molecule has 0 bridgehead atoms. The molecular weight excluding hydrogens is 312 g/mol. The molecule has 0 aliphatic carbocycles. The molecule has 0 spiro atoms. The van der Waals surface area contributed by atoms with E-state index in [1.54, 1.807) is 12.0 Å². The number of carbonyl (C=O) groups excluding carboxylic acids is 2. The van der Waals surface area contributed by atoms with Gasteiger partial charge in [-0.15, -0.1) is 0 Å². The first kappa shape index (κ1) is 16.2. The van der Waals surface area contributed by atoms with Gasteiger partial charge in [0.25, 0.3) is 5.24 Å². The van der Waals surface area contributed by atoms with Crippen molar-refractivity contribution in [3.63, 3.8) is 0 Å². The van der Waals surface area contributed by atoms with Crippen molar-refractivity contribution in [1.82, 2.24) is 9.80 Å². The Morgan fingerprint density at radius 2 is 2.09 bits per heavy atom. The molecule has 6 heteroatoms. The van der Waals surface area contributed by atoms with Crippen molar-refractivity contribution in [2.75, 3.05) is 32.5 Å². The summed E-state index contributed by atoms with van der Waals surface area (Å²) in [5.41, 5.74) is 1.16. The largest absolute Gasteiger partial charge is 0.497 e. The maximum atomic E-state index is 12.6. The molecule has 23 heavy (non-hydrogen) atoms. The van der Waals surface area contributed by atoms with Crippen LogP contribution in [0.2, 0.25) is 0 Å². The predicted octanol–water partition coefficient (Wildman–Crippen LogP) is 2.92. The summed E-state index contributed by atoms with van der Waals surface area (Å²) in [5, 5.41) is 0.103. The van der Waals surface area contributed by atoms with Gasteiger partial charge in [-0.1, -0.05) is 23.9 Å². The van der Waals surface area contributed by atoms with E-state index in [1.165, 1.54) is 11.8 Å². The molecule has 0 aromatic heterocycles.